The number of hydrogen-bond donors (Lipinski definition) is 0. The number of hydrogen-bond acceptors (Lipinski definition) is 3. The van der Waals surface area contributed by atoms with Gasteiger partial charge in [0.1, 0.15) is 0 Å². The summed E-state index contributed by atoms with van der Waals surface area (Å²) in [5.74, 6) is -0.0545. The first kappa shape index (κ1) is 18.1. The molecule has 0 spiro atoms. The lowest BCUT2D eigenvalue weighted by molar-refractivity contribution is -0.112. The number of nitrogens with zero attached hydrogens (tertiary/aromatic N) is 3. The summed E-state index contributed by atoms with van der Waals surface area (Å²) in [7, 11) is 0. The summed E-state index contributed by atoms with van der Waals surface area (Å²) in [6.45, 7) is 4.82. The zero-order valence-electron chi connectivity index (χ0n) is 15.7. The van der Waals surface area contributed by atoms with E-state index < -0.39 is 0 Å². The molecule has 0 saturated carbocycles. The molecule has 2 heterocycles. The predicted molar refractivity (Wildman–Crippen MR) is 110 cm³/mol. The molecule has 27 heavy (non-hydrogen) atoms. The van der Waals surface area contributed by atoms with E-state index in [1.807, 2.05) is 48.5 Å². The molecule has 2 aromatic carbocycles. The van der Waals surface area contributed by atoms with Gasteiger partial charge in [0.25, 0.3) is 5.91 Å². The molecule has 1 saturated heterocycles. The van der Waals surface area contributed by atoms with E-state index in [2.05, 4.69) is 18.9 Å². The molecular formula is C22H24ClN3O. The fourth-order valence-corrected chi connectivity index (χ4v) is 4.23. The number of fused-ring (bicyclic) bond motifs is 1. The molecule has 2 aliphatic heterocycles. The van der Waals surface area contributed by atoms with E-state index in [1.165, 1.54) is 6.42 Å². The summed E-state index contributed by atoms with van der Waals surface area (Å²) in [4.78, 5) is 15.1. The van der Waals surface area contributed by atoms with Crippen LogP contribution in [-0.4, -0.2) is 28.7 Å². The smallest absolute Gasteiger partial charge is 0.279 e. The largest absolute Gasteiger partial charge is 0.302 e. The van der Waals surface area contributed by atoms with Crippen molar-refractivity contribution in [2.24, 2.45) is 5.10 Å². The van der Waals surface area contributed by atoms with E-state index in [0.29, 0.717) is 29.4 Å². The van der Waals surface area contributed by atoms with Crippen LogP contribution < -0.4 is 4.90 Å². The number of halogens is 1. The Balaban J connectivity index is 1.71. The van der Waals surface area contributed by atoms with Gasteiger partial charge < -0.3 is 4.90 Å². The van der Waals surface area contributed by atoms with Gasteiger partial charge in [0.2, 0.25) is 0 Å². The average Bonchev–Trinajstić information content (AvgIpc) is 2.92. The van der Waals surface area contributed by atoms with Crippen molar-refractivity contribution in [3.05, 3.63) is 64.7 Å². The third-order valence-corrected chi connectivity index (χ3v) is 5.92. The molecule has 2 aliphatic rings. The Kier molecular flexibility index (Phi) is 4.92. The van der Waals surface area contributed by atoms with E-state index in [-0.39, 0.29) is 5.91 Å². The number of amides is 1. The normalized spacial score (nSPS) is 23.8. The van der Waals surface area contributed by atoms with Crippen LogP contribution in [0, 0.1) is 0 Å². The second kappa shape index (κ2) is 7.35. The van der Waals surface area contributed by atoms with E-state index in [0.717, 1.165) is 29.7 Å². The highest BCUT2D eigenvalue weighted by molar-refractivity contribution is 6.54. The molecule has 0 aliphatic carbocycles. The number of benzene rings is 2. The first-order valence-electron chi connectivity index (χ1n) is 9.58. The summed E-state index contributed by atoms with van der Waals surface area (Å²) in [5, 5.41) is 7.65. The van der Waals surface area contributed by atoms with Crippen molar-refractivity contribution in [2.45, 2.75) is 51.7 Å². The minimum atomic E-state index is -0.0545. The van der Waals surface area contributed by atoms with Crippen LogP contribution in [-0.2, 0) is 11.3 Å². The topological polar surface area (TPSA) is 35.9 Å². The van der Waals surface area contributed by atoms with Crippen molar-refractivity contribution < 1.29 is 4.79 Å². The fraction of sp³-hybridized carbons (Fsp3) is 0.364. The number of carbonyl (C=O) groups excluding carboxylic acids is 1. The highest BCUT2D eigenvalue weighted by atomic mass is 35.5. The molecule has 2 aromatic rings. The molecule has 0 aromatic heterocycles. The summed E-state index contributed by atoms with van der Waals surface area (Å²) in [5.41, 5.74) is 3.28. The summed E-state index contributed by atoms with van der Waals surface area (Å²) in [6, 6.07) is 16.2. The van der Waals surface area contributed by atoms with Crippen LogP contribution in [0.25, 0.3) is 0 Å². The van der Waals surface area contributed by atoms with Crippen molar-refractivity contribution in [3.8, 4) is 0 Å². The maximum absolute atomic E-state index is 13.3. The van der Waals surface area contributed by atoms with Gasteiger partial charge in [-0.1, -0.05) is 48.0 Å². The maximum atomic E-state index is 13.3. The number of anilines is 1. The minimum absolute atomic E-state index is 0.0545. The Hall–Kier alpha value is -2.33. The van der Waals surface area contributed by atoms with Crippen LogP contribution in [0.1, 0.15) is 44.2 Å². The second-order valence-electron chi connectivity index (χ2n) is 7.46. The Bertz CT molecular complexity index is 885. The fourth-order valence-electron chi connectivity index (χ4n) is 4.03. The van der Waals surface area contributed by atoms with Crippen LogP contribution >= 0.6 is 11.6 Å². The molecule has 0 radical (unpaired) electrons. The molecule has 0 bridgehead atoms. The molecule has 140 valence electrons. The third-order valence-electron chi connectivity index (χ3n) is 5.55. The quantitative estimate of drug-likeness (QED) is 0.761. The maximum Gasteiger partial charge on any atom is 0.279 e. The van der Waals surface area contributed by atoms with Crippen LogP contribution in [0.15, 0.2) is 53.6 Å². The molecule has 2 atom stereocenters. The second-order valence-corrected chi connectivity index (χ2v) is 7.86. The average molecular weight is 382 g/mol. The number of para-hydroxylation sites is 1. The van der Waals surface area contributed by atoms with E-state index in [9.17, 15) is 4.79 Å². The lowest BCUT2D eigenvalue weighted by Gasteiger charge is -2.37. The summed E-state index contributed by atoms with van der Waals surface area (Å²) >= 11 is 6.33. The standard InChI is InChI=1S/C22H24ClN3O/c1-15-8-7-9-16(2)26(15)24-21-18-11-4-6-13-20(18)25(22(21)27)14-17-10-3-5-12-19(17)23/h3-6,10-13,15-16H,7-9,14H2,1-2H3. The molecule has 4 nitrogen and oxygen atoms in total. The van der Waals surface area contributed by atoms with Gasteiger partial charge in [-0.05, 0) is 50.8 Å². The van der Waals surface area contributed by atoms with Crippen molar-refractivity contribution >= 4 is 28.9 Å². The predicted octanol–water partition coefficient (Wildman–Crippen LogP) is 4.85. The van der Waals surface area contributed by atoms with Gasteiger partial charge in [-0.3, -0.25) is 9.80 Å². The Labute approximate surface area is 165 Å². The van der Waals surface area contributed by atoms with Gasteiger partial charge in [-0.15, -0.1) is 0 Å². The van der Waals surface area contributed by atoms with Gasteiger partial charge in [0.15, 0.2) is 5.71 Å². The third kappa shape index (κ3) is 3.34. The molecule has 2 unspecified atom stereocenters. The Morgan fingerprint density at radius 3 is 2.44 bits per heavy atom. The van der Waals surface area contributed by atoms with Gasteiger partial charge in [-0.2, -0.15) is 5.10 Å². The van der Waals surface area contributed by atoms with Gasteiger partial charge >= 0.3 is 0 Å². The molecule has 4 rings (SSSR count). The SMILES string of the molecule is CC1CCCC(C)N1N=C1C(=O)N(Cc2ccccc2Cl)c2ccccc21. The summed E-state index contributed by atoms with van der Waals surface area (Å²) < 4.78 is 0. The van der Waals surface area contributed by atoms with Crippen LogP contribution in [0.3, 0.4) is 0 Å². The summed E-state index contributed by atoms with van der Waals surface area (Å²) in [6.07, 6.45) is 3.44. The first-order chi connectivity index (χ1) is 13.1. The monoisotopic (exact) mass is 381 g/mol. The van der Waals surface area contributed by atoms with E-state index in [1.54, 1.807) is 4.90 Å². The molecular weight excluding hydrogens is 358 g/mol. The zero-order chi connectivity index (χ0) is 19.0. The highest BCUT2D eigenvalue weighted by Gasteiger charge is 2.36. The van der Waals surface area contributed by atoms with Gasteiger partial charge in [0.05, 0.1) is 12.2 Å². The lowest BCUT2D eigenvalue weighted by Crippen LogP contribution is -2.41. The van der Waals surface area contributed by atoms with Gasteiger partial charge in [-0.25, -0.2) is 0 Å². The van der Waals surface area contributed by atoms with Crippen molar-refractivity contribution in [3.63, 3.8) is 0 Å². The first-order valence-corrected chi connectivity index (χ1v) is 9.95. The number of carbonyl (C=O) groups is 1. The van der Waals surface area contributed by atoms with Crippen LogP contribution in [0.5, 0.6) is 0 Å². The van der Waals surface area contributed by atoms with E-state index >= 15 is 0 Å². The van der Waals surface area contributed by atoms with Crippen LogP contribution in [0.4, 0.5) is 5.69 Å². The van der Waals surface area contributed by atoms with Crippen molar-refractivity contribution in [1.82, 2.24) is 5.01 Å². The minimum Gasteiger partial charge on any atom is -0.302 e. The molecule has 0 N–H and O–H groups in total. The number of rotatable bonds is 3. The van der Waals surface area contributed by atoms with E-state index in [4.69, 9.17) is 16.7 Å². The highest BCUT2D eigenvalue weighted by Crippen LogP contribution is 2.33. The van der Waals surface area contributed by atoms with Gasteiger partial charge in [0, 0.05) is 22.7 Å². The molecule has 5 heteroatoms. The van der Waals surface area contributed by atoms with Crippen molar-refractivity contribution in [2.75, 3.05) is 4.90 Å². The lowest BCUT2D eigenvalue weighted by atomic mass is 10.00. The number of hydrazone groups is 1. The molecule has 1 fully saturated rings. The van der Waals surface area contributed by atoms with Crippen molar-refractivity contribution in [1.29, 1.82) is 0 Å². The Morgan fingerprint density at radius 2 is 1.70 bits per heavy atom. The zero-order valence-corrected chi connectivity index (χ0v) is 16.5. The number of piperidine rings is 1. The molecule has 1 amide bonds. The Morgan fingerprint density at radius 1 is 1.04 bits per heavy atom. The van der Waals surface area contributed by atoms with Crippen LogP contribution in [0.2, 0.25) is 5.02 Å².